The molecule has 200 valence electrons. The molecule has 2 atom stereocenters. The normalized spacial score (nSPS) is 22.8. The van der Waals surface area contributed by atoms with E-state index in [1.165, 1.54) is 24.8 Å². The zero-order chi connectivity index (χ0) is 26.0. The molecule has 3 fully saturated rings. The third-order valence-corrected chi connectivity index (χ3v) is 8.54. The molecular formula is C27H36ClN5O4. The smallest absolute Gasteiger partial charge is 0.320 e. The lowest BCUT2D eigenvalue weighted by molar-refractivity contribution is -0.139. The number of hydrogen-bond acceptors (Lipinski definition) is 8. The van der Waals surface area contributed by atoms with Crippen LogP contribution in [0, 0.1) is 5.41 Å². The summed E-state index contributed by atoms with van der Waals surface area (Å²) in [7, 11) is 1.62. The molecule has 1 aromatic carbocycles. The van der Waals surface area contributed by atoms with E-state index in [1.54, 1.807) is 7.11 Å². The third-order valence-electron chi connectivity index (χ3n) is 8.30. The van der Waals surface area contributed by atoms with Crippen LogP contribution in [0.4, 0.5) is 11.8 Å². The Kier molecular flexibility index (Phi) is 7.74. The first-order valence-electron chi connectivity index (χ1n) is 13.2. The maximum atomic E-state index is 11.4. The number of aliphatic carboxylic acids is 1. The SMILES string of the molecule is CO[C@H](Oc1cc(N2CCC3(CC2)CNC(C(=O)O)C3)nc(N)n1)c1ccc(Cl)cc1C1CCCCC1. The number of ether oxygens (including phenoxy) is 2. The maximum absolute atomic E-state index is 11.4. The van der Waals surface area contributed by atoms with Gasteiger partial charge in [-0.05, 0) is 61.1 Å². The van der Waals surface area contributed by atoms with E-state index >= 15 is 0 Å². The number of nitrogens with zero attached hydrogens (tertiary/aromatic N) is 3. The van der Waals surface area contributed by atoms with Crippen LogP contribution in [-0.2, 0) is 9.53 Å². The highest BCUT2D eigenvalue weighted by atomic mass is 35.5. The molecule has 2 aromatic rings. The van der Waals surface area contributed by atoms with E-state index in [0.29, 0.717) is 29.1 Å². The fourth-order valence-electron chi connectivity index (χ4n) is 6.21. The molecule has 10 heteroatoms. The third kappa shape index (κ3) is 5.78. The van der Waals surface area contributed by atoms with Gasteiger partial charge in [0.05, 0.1) is 0 Å². The molecule has 2 aliphatic heterocycles. The fourth-order valence-corrected chi connectivity index (χ4v) is 6.39. The summed E-state index contributed by atoms with van der Waals surface area (Å²) in [6.07, 6.45) is 7.75. The number of nitrogens with one attached hydrogen (secondary N) is 1. The van der Waals surface area contributed by atoms with Crippen molar-refractivity contribution in [2.24, 2.45) is 5.41 Å². The van der Waals surface area contributed by atoms with Gasteiger partial charge in [-0.15, -0.1) is 0 Å². The molecule has 37 heavy (non-hydrogen) atoms. The van der Waals surface area contributed by atoms with Gasteiger partial charge in [0.1, 0.15) is 11.9 Å². The number of rotatable bonds is 7. The second kappa shape index (κ2) is 11.0. The van der Waals surface area contributed by atoms with Gasteiger partial charge in [-0.2, -0.15) is 9.97 Å². The van der Waals surface area contributed by atoms with Gasteiger partial charge >= 0.3 is 5.97 Å². The van der Waals surface area contributed by atoms with E-state index in [1.807, 2.05) is 24.3 Å². The summed E-state index contributed by atoms with van der Waals surface area (Å²) in [5.74, 6) is 0.856. The van der Waals surface area contributed by atoms with Gasteiger partial charge in [0, 0.05) is 43.4 Å². The number of halogens is 1. The molecule has 0 radical (unpaired) electrons. The number of benzene rings is 1. The van der Waals surface area contributed by atoms with Gasteiger partial charge in [0.25, 0.3) is 0 Å². The second-order valence-corrected chi connectivity index (χ2v) is 11.1. The molecule has 1 spiro atoms. The molecule has 1 unspecified atom stereocenters. The minimum Gasteiger partial charge on any atom is -0.480 e. The molecule has 4 N–H and O–H groups in total. The van der Waals surface area contributed by atoms with Crippen LogP contribution >= 0.6 is 11.6 Å². The minimum atomic E-state index is -0.773. The summed E-state index contributed by atoms with van der Waals surface area (Å²) < 4.78 is 12.1. The molecule has 1 aromatic heterocycles. The minimum absolute atomic E-state index is 0.0166. The molecule has 1 saturated carbocycles. The van der Waals surface area contributed by atoms with Crippen molar-refractivity contribution in [2.45, 2.75) is 69.6 Å². The average Bonchev–Trinajstić information content (AvgIpc) is 3.32. The van der Waals surface area contributed by atoms with Crippen LogP contribution < -0.4 is 20.7 Å². The Morgan fingerprint density at radius 2 is 1.97 bits per heavy atom. The van der Waals surface area contributed by atoms with Crippen LogP contribution in [0.2, 0.25) is 5.02 Å². The van der Waals surface area contributed by atoms with Crippen LogP contribution in [0.25, 0.3) is 0 Å². The Bertz CT molecular complexity index is 1120. The van der Waals surface area contributed by atoms with Crippen molar-refractivity contribution in [3.63, 3.8) is 0 Å². The first-order valence-corrected chi connectivity index (χ1v) is 13.6. The average molecular weight is 530 g/mol. The maximum Gasteiger partial charge on any atom is 0.320 e. The molecule has 5 rings (SSSR count). The lowest BCUT2D eigenvalue weighted by Crippen LogP contribution is -2.41. The van der Waals surface area contributed by atoms with Crippen molar-refractivity contribution in [1.29, 1.82) is 0 Å². The number of nitrogens with two attached hydrogens (primary N) is 1. The Morgan fingerprint density at radius 3 is 2.65 bits per heavy atom. The van der Waals surface area contributed by atoms with Gasteiger partial charge in [-0.25, -0.2) is 0 Å². The van der Waals surface area contributed by atoms with E-state index in [2.05, 4.69) is 20.2 Å². The highest BCUT2D eigenvalue weighted by Crippen LogP contribution is 2.41. The van der Waals surface area contributed by atoms with Crippen LogP contribution in [0.1, 0.15) is 74.7 Å². The Morgan fingerprint density at radius 1 is 1.22 bits per heavy atom. The number of carboxylic acid groups (broad SMARTS) is 1. The highest BCUT2D eigenvalue weighted by molar-refractivity contribution is 6.30. The predicted octanol–water partition coefficient (Wildman–Crippen LogP) is 4.52. The van der Waals surface area contributed by atoms with Crippen LogP contribution in [0.3, 0.4) is 0 Å². The van der Waals surface area contributed by atoms with Crippen molar-refractivity contribution < 1.29 is 19.4 Å². The molecule has 0 bridgehead atoms. The van der Waals surface area contributed by atoms with Gasteiger partial charge in [-0.1, -0.05) is 36.9 Å². The standard InChI is InChI=1S/C27H36ClN5O4/c1-36-25(19-8-7-18(28)13-20(19)17-5-3-2-4-6-17)37-23-14-22(31-26(29)32-23)33-11-9-27(10-12-33)15-21(24(34)35)30-16-27/h7-8,13-14,17,21,25,30H,2-6,9-12,15-16H2,1H3,(H,34,35)(H2,29,31,32)/t21?,25-/m1/s1. The first kappa shape index (κ1) is 26.0. The van der Waals surface area contributed by atoms with Gasteiger partial charge < -0.3 is 30.5 Å². The molecule has 9 nitrogen and oxygen atoms in total. The number of anilines is 2. The Balaban J connectivity index is 1.31. The molecule has 3 aliphatic rings. The van der Waals surface area contributed by atoms with Crippen molar-refractivity contribution in [3.8, 4) is 5.88 Å². The molecule has 3 heterocycles. The number of nitrogen functional groups attached to an aromatic ring is 1. The number of methoxy groups -OCH3 is 1. The Labute approximate surface area is 222 Å². The first-order chi connectivity index (χ1) is 17.9. The lowest BCUT2D eigenvalue weighted by Gasteiger charge is -2.39. The van der Waals surface area contributed by atoms with E-state index in [9.17, 15) is 9.90 Å². The van der Waals surface area contributed by atoms with E-state index < -0.39 is 18.3 Å². The topological polar surface area (TPSA) is 123 Å². The van der Waals surface area contributed by atoms with Crippen LogP contribution in [0.5, 0.6) is 5.88 Å². The Hall–Kier alpha value is -2.62. The quantitative estimate of drug-likeness (QED) is 0.444. The highest BCUT2D eigenvalue weighted by Gasteiger charge is 2.43. The van der Waals surface area contributed by atoms with Gasteiger partial charge in [0.2, 0.25) is 18.1 Å². The predicted molar refractivity (Wildman–Crippen MR) is 142 cm³/mol. The van der Waals surface area contributed by atoms with Gasteiger partial charge in [-0.3, -0.25) is 4.79 Å². The van der Waals surface area contributed by atoms with E-state index in [4.69, 9.17) is 26.8 Å². The zero-order valence-corrected chi connectivity index (χ0v) is 22.0. The number of aromatic nitrogens is 2. The van der Waals surface area contributed by atoms with E-state index in [-0.39, 0.29) is 11.4 Å². The molecule has 1 aliphatic carbocycles. The fraction of sp³-hybridized carbons (Fsp3) is 0.593. The molecular weight excluding hydrogens is 494 g/mol. The van der Waals surface area contributed by atoms with Crippen molar-refractivity contribution in [1.82, 2.24) is 15.3 Å². The van der Waals surface area contributed by atoms with Gasteiger partial charge in [0.15, 0.2) is 0 Å². The number of hydrogen-bond donors (Lipinski definition) is 3. The number of carboxylic acids is 1. The monoisotopic (exact) mass is 529 g/mol. The van der Waals surface area contributed by atoms with Crippen molar-refractivity contribution in [2.75, 3.05) is 37.4 Å². The number of carbonyl (C=O) groups is 1. The summed E-state index contributed by atoms with van der Waals surface area (Å²) in [4.78, 5) is 22.4. The summed E-state index contributed by atoms with van der Waals surface area (Å²) in [6.45, 7) is 2.26. The largest absolute Gasteiger partial charge is 0.480 e. The van der Waals surface area contributed by atoms with Crippen LogP contribution in [-0.4, -0.2) is 53.8 Å². The van der Waals surface area contributed by atoms with Crippen LogP contribution in [0.15, 0.2) is 24.3 Å². The summed E-state index contributed by atoms with van der Waals surface area (Å²) >= 11 is 6.38. The van der Waals surface area contributed by atoms with Crippen molar-refractivity contribution >= 4 is 29.3 Å². The zero-order valence-electron chi connectivity index (χ0n) is 21.3. The second-order valence-electron chi connectivity index (χ2n) is 10.7. The summed E-state index contributed by atoms with van der Waals surface area (Å²) in [6, 6.07) is 7.24. The summed E-state index contributed by atoms with van der Waals surface area (Å²) in [5.41, 5.74) is 8.24. The number of piperidine rings is 1. The van der Waals surface area contributed by atoms with E-state index in [0.717, 1.165) is 50.9 Å². The lowest BCUT2D eigenvalue weighted by atomic mass is 9.76. The molecule has 2 saturated heterocycles. The van der Waals surface area contributed by atoms with Crippen molar-refractivity contribution in [3.05, 3.63) is 40.4 Å². The summed E-state index contributed by atoms with van der Waals surface area (Å²) in [5, 5.41) is 13.2. The molecule has 0 amide bonds.